The number of hydrogen-bond acceptors (Lipinski definition) is 4. The zero-order chi connectivity index (χ0) is 15.2. The number of aliphatic hydroxyl groups is 1. The highest BCUT2D eigenvalue weighted by Crippen LogP contribution is 2.04. The Balaban J connectivity index is 2.42. The predicted molar refractivity (Wildman–Crippen MR) is 80.3 cm³/mol. The number of nitrogens with one attached hydrogen (secondary N) is 1. The number of amides is 1. The molecule has 0 saturated heterocycles. The first kappa shape index (κ1) is 16.6. The van der Waals surface area contributed by atoms with Crippen LogP contribution in [0.2, 0.25) is 0 Å². The zero-order valence-electron chi connectivity index (χ0n) is 12.5. The minimum absolute atomic E-state index is 0.187. The van der Waals surface area contributed by atoms with Crippen LogP contribution in [0.1, 0.15) is 12.5 Å². The Morgan fingerprint density at radius 1 is 1.40 bits per heavy atom. The second-order valence-corrected chi connectivity index (χ2v) is 5.75. The fourth-order valence-electron chi connectivity index (χ4n) is 2.11. The van der Waals surface area contributed by atoms with Crippen molar-refractivity contribution in [2.75, 3.05) is 27.2 Å². The highest BCUT2D eigenvalue weighted by atomic mass is 16.3. The van der Waals surface area contributed by atoms with Gasteiger partial charge in [0.15, 0.2) is 0 Å². The van der Waals surface area contributed by atoms with E-state index >= 15 is 0 Å². The van der Waals surface area contributed by atoms with Crippen molar-refractivity contribution in [3.63, 3.8) is 0 Å². The summed E-state index contributed by atoms with van der Waals surface area (Å²) >= 11 is 0. The van der Waals surface area contributed by atoms with Crippen molar-refractivity contribution >= 4 is 5.91 Å². The van der Waals surface area contributed by atoms with Gasteiger partial charge in [-0.15, -0.1) is 0 Å². The van der Waals surface area contributed by atoms with Crippen molar-refractivity contribution in [2.24, 2.45) is 5.73 Å². The number of carbonyl (C=O) groups is 1. The quantitative estimate of drug-likeness (QED) is 0.656. The van der Waals surface area contributed by atoms with Crippen molar-refractivity contribution in [3.8, 4) is 0 Å². The molecule has 0 saturated carbocycles. The van der Waals surface area contributed by atoms with Gasteiger partial charge in [0.1, 0.15) is 0 Å². The lowest BCUT2D eigenvalue weighted by molar-refractivity contribution is -0.123. The van der Waals surface area contributed by atoms with E-state index in [0.29, 0.717) is 13.0 Å². The number of nitrogens with two attached hydrogens (primary N) is 1. The Kier molecular flexibility index (Phi) is 6.13. The van der Waals surface area contributed by atoms with Crippen molar-refractivity contribution in [2.45, 2.75) is 25.0 Å². The van der Waals surface area contributed by atoms with Crippen LogP contribution in [0.25, 0.3) is 0 Å². The van der Waals surface area contributed by atoms with Gasteiger partial charge < -0.3 is 21.1 Å². The van der Waals surface area contributed by atoms with Gasteiger partial charge in [0, 0.05) is 13.1 Å². The third-order valence-electron chi connectivity index (χ3n) is 2.94. The van der Waals surface area contributed by atoms with E-state index in [0.717, 1.165) is 5.56 Å². The molecular weight excluding hydrogens is 254 g/mol. The van der Waals surface area contributed by atoms with E-state index in [1.807, 2.05) is 49.3 Å². The van der Waals surface area contributed by atoms with Gasteiger partial charge in [0.05, 0.1) is 11.6 Å². The molecule has 0 fully saturated rings. The predicted octanol–water partition coefficient (Wildman–Crippen LogP) is -0.0148. The van der Waals surface area contributed by atoms with Gasteiger partial charge in [-0.3, -0.25) is 4.79 Å². The van der Waals surface area contributed by atoms with Gasteiger partial charge in [-0.25, -0.2) is 0 Å². The summed E-state index contributed by atoms with van der Waals surface area (Å²) in [6.07, 6.45) is 0.489. The molecule has 5 heteroatoms. The highest BCUT2D eigenvalue weighted by Gasteiger charge is 2.23. The molecular formula is C15H25N3O2. The third-order valence-corrected chi connectivity index (χ3v) is 2.94. The molecule has 20 heavy (non-hydrogen) atoms. The van der Waals surface area contributed by atoms with Gasteiger partial charge in [-0.2, -0.15) is 0 Å². The average Bonchev–Trinajstić information content (AvgIpc) is 2.35. The molecule has 0 aliphatic carbocycles. The van der Waals surface area contributed by atoms with Crippen LogP contribution in [0.3, 0.4) is 0 Å². The summed E-state index contributed by atoms with van der Waals surface area (Å²) in [5, 5.41) is 12.8. The van der Waals surface area contributed by atoms with Crippen molar-refractivity contribution in [3.05, 3.63) is 35.9 Å². The minimum atomic E-state index is -0.967. The Morgan fingerprint density at radius 2 is 2.00 bits per heavy atom. The number of benzene rings is 1. The van der Waals surface area contributed by atoms with Crippen LogP contribution in [0.5, 0.6) is 0 Å². The second-order valence-electron chi connectivity index (χ2n) is 5.75. The molecule has 2 atom stereocenters. The average molecular weight is 279 g/mol. The summed E-state index contributed by atoms with van der Waals surface area (Å²) in [7, 11) is 3.74. The van der Waals surface area contributed by atoms with Crippen molar-refractivity contribution in [1.29, 1.82) is 0 Å². The van der Waals surface area contributed by atoms with E-state index in [1.54, 1.807) is 6.92 Å². The SMILES string of the molecule is CN(C)CC(C)(O)CNC(=O)[C@@H](N)Cc1ccccc1. The fourth-order valence-corrected chi connectivity index (χ4v) is 2.11. The number of nitrogens with zero attached hydrogens (tertiary/aromatic N) is 1. The maximum absolute atomic E-state index is 11.9. The monoisotopic (exact) mass is 279 g/mol. The van der Waals surface area contributed by atoms with Crippen LogP contribution in [-0.2, 0) is 11.2 Å². The molecule has 0 aliphatic heterocycles. The Morgan fingerprint density at radius 3 is 2.55 bits per heavy atom. The molecule has 1 unspecified atom stereocenters. The number of hydrogen-bond donors (Lipinski definition) is 3. The molecule has 1 aromatic rings. The van der Waals surface area contributed by atoms with E-state index in [9.17, 15) is 9.90 Å². The summed E-state index contributed by atoms with van der Waals surface area (Å²) in [4.78, 5) is 13.8. The van der Waals surface area contributed by atoms with E-state index in [2.05, 4.69) is 5.32 Å². The van der Waals surface area contributed by atoms with Crippen LogP contribution in [0, 0.1) is 0 Å². The van der Waals surface area contributed by atoms with Crippen LogP contribution in [-0.4, -0.2) is 54.7 Å². The van der Waals surface area contributed by atoms with Crippen LogP contribution in [0.15, 0.2) is 30.3 Å². The molecule has 1 amide bonds. The molecule has 0 radical (unpaired) electrons. The number of rotatable bonds is 7. The van der Waals surface area contributed by atoms with Crippen molar-refractivity contribution in [1.82, 2.24) is 10.2 Å². The first-order valence-corrected chi connectivity index (χ1v) is 6.74. The van der Waals surface area contributed by atoms with Crippen LogP contribution in [0.4, 0.5) is 0 Å². The third kappa shape index (κ3) is 6.14. The Hall–Kier alpha value is -1.43. The molecule has 112 valence electrons. The molecule has 4 N–H and O–H groups in total. The van der Waals surface area contributed by atoms with Gasteiger partial charge in [0.2, 0.25) is 5.91 Å². The van der Waals surface area contributed by atoms with Crippen molar-refractivity contribution < 1.29 is 9.90 Å². The maximum Gasteiger partial charge on any atom is 0.237 e. The van der Waals surface area contributed by atoms with Gasteiger partial charge in [-0.1, -0.05) is 30.3 Å². The first-order valence-electron chi connectivity index (χ1n) is 6.74. The van der Waals surface area contributed by atoms with Gasteiger partial charge >= 0.3 is 0 Å². The zero-order valence-corrected chi connectivity index (χ0v) is 12.5. The summed E-state index contributed by atoms with van der Waals surface area (Å²) in [5.41, 5.74) is 5.93. The highest BCUT2D eigenvalue weighted by molar-refractivity contribution is 5.81. The molecule has 1 aromatic carbocycles. The Bertz CT molecular complexity index is 418. The maximum atomic E-state index is 11.9. The second kappa shape index (κ2) is 7.38. The van der Waals surface area contributed by atoms with Crippen LogP contribution < -0.4 is 11.1 Å². The minimum Gasteiger partial charge on any atom is -0.387 e. The smallest absolute Gasteiger partial charge is 0.237 e. The molecule has 0 spiro atoms. The standard InChI is InChI=1S/C15H25N3O2/c1-15(20,11-18(2)3)10-17-14(19)13(16)9-12-7-5-4-6-8-12/h4-8,13,20H,9-11,16H2,1-3H3,(H,17,19)/t13-,15?/m0/s1. The van der Waals surface area contributed by atoms with E-state index in [1.165, 1.54) is 0 Å². The molecule has 1 rings (SSSR count). The lowest BCUT2D eigenvalue weighted by Gasteiger charge is -2.27. The molecule has 0 aromatic heterocycles. The summed E-state index contributed by atoms with van der Waals surface area (Å²) in [5.74, 6) is -0.243. The fraction of sp³-hybridized carbons (Fsp3) is 0.533. The van der Waals surface area contributed by atoms with E-state index in [4.69, 9.17) is 5.73 Å². The van der Waals surface area contributed by atoms with Gasteiger partial charge in [-0.05, 0) is 33.0 Å². The lowest BCUT2D eigenvalue weighted by atomic mass is 10.0. The largest absolute Gasteiger partial charge is 0.387 e. The van der Waals surface area contributed by atoms with Gasteiger partial charge in [0.25, 0.3) is 0 Å². The normalized spacial score (nSPS) is 15.7. The van der Waals surface area contributed by atoms with E-state index in [-0.39, 0.29) is 12.5 Å². The molecule has 0 aliphatic rings. The summed E-state index contributed by atoms with van der Waals surface area (Å²) in [6, 6.07) is 9.04. The van der Waals surface area contributed by atoms with E-state index < -0.39 is 11.6 Å². The summed E-state index contributed by atoms with van der Waals surface area (Å²) in [6.45, 7) is 2.35. The van der Waals surface area contributed by atoms with Crippen LogP contribution >= 0.6 is 0 Å². The summed E-state index contributed by atoms with van der Waals surface area (Å²) < 4.78 is 0. The Labute approximate surface area is 120 Å². The topological polar surface area (TPSA) is 78.6 Å². The molecule has 0 bridgehead atoms. The number of likely N-dealkylation sites (N-methyl/N-ethyl adjacent to an activating group) is 1. The number of carbonyl (C=O) groups excluding carboxylic acids is 1. The lowest BCUT2D eigenvalue weighted by Crippen LogP contribution is -2.51. The molecule has 5 nitrogen and oxygen atoms in total. The first-order chi connectivity index (χ1) is 9.30. The molecule has 0 heterocycles.